The lowest BCUT2D eigenvalue weighted by atomic mass is 10.0. The minimum absolute atomic E-state index is 0.179. The molecule has 1 aliphatic heterocycles. The lowest BCUT2D eigenvalue weighted by molar-refractivity contribution is 0.289. The number of para-hydroxylation sites is 1. The van der Waals surface area contributed by atoms with Gasteiger partial charge in [-0.1, -0.05) is 18.2 Å². The van der Waals surface area contributed by atoms with Crippen molar-refractivity contribution in [1.29, 1.82) is 0 Å². The van der Waals surface area contributed by atoms with Gasteiger partial charge in [-0.2, -0.15) is 0 Å². The normalized spacial score (nSPS) is 15.8. The summed E-state index contributed by atoms with van der Waals surface area (Å²) in [7, 11) is 0. The maximum Gasteiger partial charge on any atom is 0.339 e. The van der Waals surface area contributed by atoms with Gasteiger partial charge in [-0.05, 0) is 55.5 Å². The number of ether oxygens (including phenoxy) is 1. The van der Waals surface area contributed by atoms with Crippen LogP contribution in [0.2, 0.25) is 0 Å². The van der Waals surface area contributed by atoms with E-state index in [-0.39, 0.29) is 5.63 Å². The fourth-order valence-corrected chi connectivity index (χ4v) is 4.13. The maximum absolute atomic E-state index is 12.4. The fraction of sp³-hybridized carbons (Fsp3) is 0.286. The van der Waals surface area contributed by atoms with E-state index < -0.39 is 0 Å². The van der Waals surface area contributed by atoms with Gasteiger partial charge in [0.25, 0.3) is 0 Å². The van der Waals surface area contributed by atoms with Gasteiger partial charge in [0.1, 0.15) is 11.3 Å². The largest absolute Gasteiger partial charge is 0.473 e. The van der Waals surface area contributed by atoms with E-state index in [1.54, 1.807) is 0 Å². The first kappa shape index (κ1) is 14.6. The van der Waals surface area contributed by atoms with Crippen LogP contribution in [0.15, 0.2) is 45.6 Å². The molecule has 4 heteroatoms. The van der Waals surface area contributed by atoms with Crippen LogP contribution in [0.1, 0.15) is 28.7 Å². The van der Waals surface area contributed by atoms with E-state index in [9.17, 15) is 4.79 Å². The molecule has 5 rings (SSSR count). The van der Waals surface area contributed by atoms with Crippen LogP contribution in [0, 0.1) is 6.92 Å². The molecule has 0 spiro atoms. The first-order chi connectivity index (χ1) is 12.2. The molecule has 0 atom stereocenters. The summed E-state index contributed by atoms with van der Waals surface area (Å²) in [6.45, 7) is 3.28. The van der Waals surface area contributed by atoms with E-state index in [1.165, 1.54) is 11.1 Å². The summed E-state index contributed by atoms with van der Waals surface area (Å²) in [5.74, 6) is 0.818. The van der Waals surface area contributed by atoms with Crippen molar-refractivity contribution >= 4 is 16.7 Å². The van der Waals surface area contributed by atoms with Crippen molar-refractivity contribution in [3.8, 4) is 5.75 Å². The molecule has 2 heterocycles. The fourth-order valence-electron chi connectivity index (χ4n) is 4.13. The molecule has 2 aromatic carbocycles. The number of benzene rings is 2. The second-order valence-electron chi connectivity index (χ2n) is 6.88. The Hall–Kier alpha value is -2.75. The van der Waals surface area contributed by atoms with Gasteiger partial charge < -0.3 is 14.1 Å². The molecular formula is C21H19NO3. The molecule has 3 aromatic rings. The Labute approximate surface area is 145 Å². The summed E-state index contributed by atoms with van der Waals surface area (Å²) in [5, 5.41) is 1.07. The van der Waals surface area contributed by atoms with Crippen molar-refractivity contribution in [3.05, 3.63) is 69.1 Å². The number of hydrogen-bond acceptors (Lipinski definition) is 4. The summed E-state index contributed by atoms with van der Waals surface area (Å²) in [4.78, 5) is 14.6. The molecule has 0 saturated heterocycles. The highest BCUT2D eigenvalue weighted by molar-refractivity contribution is 5.87. The molecular weight excluding hydrogens is 314 g/mol. The lowest BCUT2D eigenvalue weighted by Crippen LogP contribution is -2.32. The van der Waals surface area contributed by atoms with Gasteiger partial charge >= 0.3 is 5.63 Å². The van der Waals surface area contributed by atoms with Crippen LogP contribution in [-0.4, -0.2) is 6.73 Å². The van der Waals surface area contributed by atoms with Crippen molar-refractivity contribution in [1.82, 2.24) is 0 Å². The monoisotopic (exact) mass is 333 g/mol. The third kappa shape index (κ3) is 2.17. The average molecular weight is 333 g/mol. The van der Waals surface area contributed by atoms with Crippen molar-refractivity contribution in [2.24, 2.45) is 0 Å². The van der Waals surface area contributed by atoms with Crippen molar-refractivity contribution < 1.29 is 9.15 Å². The molecule has 0 unspecified atom stereocenters. The van der Waals surface area contributed by atoms with E-state index in [0.717, 1.165) is 47.2 Å². The van der Waals surface area contributed by atoms with Gasteiger partial charge in [0, 0.05) is 16.6 Å². The first-order valence-corrected chi connectivity index (χ1v) is 8.76. The van der Waals surface area contributed by atoms with E-state index in [1.807, 2.05) is 24.3 Å². The zero-order valence-corrected chi connectivity index (χ0v) is 14.2. The number of hydrogen-bond donors (Lipinski definition) is 0. The molecule has 0 bridgehead atoms. The number of rotatable bonds is 1. The van der Waals surface area contributed by atoms with Crippen LogP contribution in [0.4, 0.5) is 5.69 Å². The van der Waals surface area contributed by atoms with Crippen molar-refractivity contribution in [2.75, 3.05) is 11.6 Å². The van der Waals surface area contributed by atoms with E-state index in [2.05, 4.69) is 24.0 Å². The zero-order chi connectivity index (χ0) is 17.0. The zero-order valence-electron chi connectivity index (χ0n) is 14.2. The van der Waals surface area contributed by atoms with E-state index >= 15 is 0 Å². The van der Waals surface area contributed by atoms with Crippen LogP contribution in [0.3, 0.4) is 0 Å². The Kier molecular flexibility index (Phi) is 3.14. The summed E-state index contributed by atoms with van der Waals surface area (Å²) in [5.41, 5.74) is 5.87. The van der Waals surface area contributed by atoms with Gasteiger partial charge in [0.05, 0.1) is 12.1 Å². The van der Waals surface area contributed by atoms with Crippen LogP contribution >= 0.6 is 0 Å². The van der Waals surface area contributed by atoms with Crippen molar-refractivity contribution in [3.63, 3.8) is 0 Å². The molecule has 0 radical (unpaired) electrons. The Bertz CT molecular complexity index is 1050. The molecule has 0 saturated carbocycles. The Morgan fingerprint density at radius 1 is 1.00 bits per heavy atom. The van der Waals surface area contributed by atoms with E-state index in [4.69, 9.17) is 9.15 Å². The van der Waals surface area contributed by atoms with Gasteiger partial charge in [-0.3, -0.25) is 0 Å². The van der Waals surface area contributed by atoms with Gasteiger partial charge in [0.15, 0.2) is 6.73 Å². The van der Waals surface area contributed by atoms with Gasteiger partial charge in [0.2, 0.25) is 0 Å². The van der Waals surface area contributed by atoms with Gasteiger partial charge in [-0.15, -0.1) is 0 Å². The quantitative estimate of drug-likeness (QED) is 0.633. The number of anilines is 1. The summed E-state index contributed by atoms with van der Waals surface area (Å²) >= 11 is 0. The Morgan fingerprint density at radius 3 is 2.72 bits per heavy atom. The third-order valence-electron chi connectivity index (χ3n) is 5.38. The Balaban J connectivity index is 1.68. The minimum Gasteiger partial charge on any atom is -0.473 e. The standard InChI is InChI=1S/C21H19NO3/c1-13-5-2-3-8-18(13)22-11-17-19(24-12-22)10-9-15-14-6-4-7-16(14)21(23)25-20(15)17/h2-3,5,8-10H,4,6-7,11-12H2,1H3. The minimum atomic E-state index is -0.179. The third-order valence-corrected chi connectivity index (χ3v) is 5.38. The molecule has 126 valence electrons. The number of nitrogens with zero attached hydrogens (tertiary/aromatic N) is 1. The number of aryl methyl sites for hydroxylation is 2. The average Bonchev–Trinajstić information content (AvgIpc) is 3.12. The second kappa shape index (κ2) is 5.38. The molecule has 2 aliphatic rings. The molecule has 25 heavy (non-hydrogen) atoms. The highest BCUT2D eigenvalue weighted by Gasteiger charge is 2.26. The summed E-state index contributed by atoms with van der Waals surface area (Å²) < 4.78 is 11.7. The SMILES string of the molecule is Cc1ccccc1N1COc2ccc3c4c(c(=O)oc3c2C1)CCC4. The van der Waals surface area contributed by atoms with E-state index in [0.29, 0.717) is 18.9 Å². The summed E-state index contributed by atoms with van der Waals surface area (Å²) in [6, 6.07) is 12.3. The smallest absolute Gasteiger partial charge is 0.339 e. The molecule has 0 amide bonds. The maximum atomic E-state index is 12.4. The van der Waals surface area contributed by atoms with Crippen molar-refractivity contribution in [2.45, 2.75) is 32.7 Å². The Morgan fingerprint density at radius 2 is 1.84 bits per heavy atom. The molecule has 0 fully saturated rings. The highest BCUT2D eigenvalue weighted by Crippen LogP contribution is 2.37. The summed E-state index contributed by atoms with van der Waals surface area (Å²) in [6.07, 6.45) is 2.82. The second-order valence-corrected chi connectivity index (χ2v) is 6.88. The topological polar surface area (TPSA) is 42.7 Å². The predicted molar refractivity (Wildman–Crippen MR) is 97.4 cm³/mol. The first-order valence-electron chi connectivity index (χ1n) is 8.76. The molecule has 0 N–H and O–H groups in total. The number of fused-ring (bicyclic) bond motifs is 5. The van der Waals surface area contributed by atoms with Crippen LogP contribution < -0.4 is 15.3 Å². The predicted octanol–water partition coefficient (Wildman–Crippen LogP) is 3.95. The van der Waals surface area contributed by atoms with Crippen LogP contribution in [0.25, 0.3) is 11.0 Å². The molecule has 4 nitrogen and oxygen atoms in total. The highest BCUT2D eigenvalue weighted by atomic mass is 16.5. The van der Waals surface area contributed by atoms with Crippen LogP contribution in [-0.2, 0) is 19.4 Å². The van der Waals surface area contributed by atoms with Gasteiger partial charge in [-0.25, -0.2) is 4.79 Å². The lowest BCUT2D eigenvalue weighted by Gasteiger charge is -2.32. The van der Waals surface area contributed by atoms with Crippen LogP contribution in [0.5, 0.6) is 5.75 Å². The molecule has 1 aromatic heterocycles. The molecule has 1 aliphatic carbocycles.